The Bertz CT molecular complexity index is 789. The van der Waals surface area contributed by atoms with Crippen LogP contribution in [0, 0.1) is 13.8 Å². The van der Waals surface area contributed by atoms with Crippen molar-refractivity contribution in [1.29, 1.82) is 0 Å². The smallest absolute Gasteiger partial charge is 0.247 e. The van der Waals surface area contributed by atoms with Gasteiger partial charge in [0.15, 0.2) is 0 Å². The van der Waals surface area contributed by atoms with Gasteiger partial charge in [-0.25, -0.2) is 13.1 Å². The Hall–Kier alpha value is -1.92. The summed E-state index contributed by atoms with van der Waals surface area (Å²) in [5.41, 5.74) is 2.70. The number of hydrogen-bond acceptors (Lipinski definition) is 3. The Morgan fingerprint density at radius 3 is 2.48 bits per heavy atom. The fourth-order valence-electron chi connectivity index (χ4n) is 2.15. The molecule has 1 aromatic heterocycles. The second-order valence-corrected chi connectivity index (χ2v) is 6.81. The molecule has 1 aromatic carbocycles. The standard InChI is InChI=1S/C15H18N2O3S/c1-10-4-5-11(2)14(8-10)12(3)17-21(19,20)13-6-7-15(18)16-9-13/h4-9,12,17H,1-3H3,(H,16,18). The van der Waals surface area contributed by atoms with Gasteiger partial charge in [-0.05, 0) is 38.0 Å². The van der Waals surface area contributed by atoms with Crippen LogP contribution in [0.4, 0.5) is 0 Å². The SMILES string of the molecule is Cc1ccc(C)c(C(C)NS(=O)(=O)c2ccc(=O)[nH]c2)c1. The van der Waals surface area contributed by atoms with Crippen molar-refractivity contribution in [3.63, 3.8) is 0 Å². The Balaban J connectivity index is 2.29. The lowest BCUT2D eigenvalue weighted by molar-refractivity contribution is 0.566. The zero-order chi connectivity index (χ0) is 15.6. The Morgan fingerprint density at radius 2 is 1.86 bits per heavy atom. The van der Waals surface area contributed by atoms with Crippen molar-refractivity contribution >= 4 is 10.0 Å². The van der Waals surface area contributed by atoms with E-state index >= 15 is 0 Å². The van der Waals surface area contributed by atoms with Gasteiger partial charge in [-0.2, -0.15) is 0 Å². The van der Waals surface area contributed by atoms with Gasteiger partial charge in [0.1, 0.15) is 0 Å². The molecule has 0 amide bonds. The van der Waals surface area contributed by atoms with E-state index < -0.39 is 10.0 Å². The van der Waals surface area contributed by atoms with Gasteiger partial charge in [-0.15, -0.1) is 0 Å². The molecule has 6 heteroatoms. The van der Waals surface area contributed by atoms with E-state index in [1.54, 1.807) is 6.92 Å². The molecule has 2 rings (SSSR count). The minimum absolute atomic E-state index is 0.0410. The lowest BCUT2D eigenvalue weighted by Gasteiger charge is -2.17. The van der Waals surface area contributed by atoms with E-state index in [1.807, 2.05) is 32.0 Å². The summed E-state index contributed by atoms with van der Waals surface area (Å²) < 4.78 is 27.2. The first-order chi connectivity index (χ1) is 9.79. The molecule has 1 atom stereocenters. The summed E-state index contributed by atoms with van der Waals surface area (Å²) >= 11 is 0. The second-order valence-electron chi connectivity index (χ2n) is 5.09. The van der Waals surface area contributed by atoms with E-state index in [0.29, 0.717) is 0 Å². The number of nitrogens with one attached hydrogen (secondary N) is 2. The molecular formula is C15H18N2O3S. The highest BCUT2D eigenvalue weighted by molar-refractivity contribution is 7.89. The van der Waals surface area contributed by atoms with Crippen molar-refractivity contribution in [2.75, 3.05) is 0 Å². The van der Waals surface area contributed by atoms with Crippen molar-refractivity contribution in [2.24, 2.45) is 0 Å². The summed E-state index contributed by atoms with van der Waals surface area (Å²) in [6.45, 7) is 5.71. The number of hydrogen-bond donors (Lipinski definition) is 2. The monoisotopic (exact) mass is 306 g/mol. The van der Waals surface area contributed by atoms with Crippen molar-refractivity contribution in [3.05, 3.63) is 63.6 Å². The van der Waals surface area contributed by atoms with Crippen molar-refractivity contribution in [1.82, 2.24) is 9.71 Å². The minimum atomic E-state index is -3.67. The summed E-state index contributed by atoms with van der Waals surface area (Å²) in [5.74, 6) is 0. The molecule has 0 fully saturated rings. The fourth-order valence-corrected chi connectivity index (χ4v) is 3.34. The summed E-state index contributed by atoms with van der Waals surface area (Å²) in [7, 11) is -3.67. The Labute approximate surface area is 124 Å². The van der Waals surface area contributed by atoms with E-state index in [4.69, 9.17) is 0 Å². The van der Waals surface area contributed by atoms with Gasteiger partial charge in [0, 0.05) is 18.3 Å². The first-order valence-electron chi connectivity index (χ1n) is 6.58. The van der Waals surface area contributed by atoms with E-state index in [1.165, 1.54) is 18.3 Å². The summed E-state index contributed by atoms with van der Waals surface area (Å²) in [6, 6.07) is 8.04. The number of aromatic amines is 1. The van der Waals surface area contributed by atoms with Crippen LogP contribution in [0.3, 0.4) is 0 Å². The average molecular weight is 306 g/mol. The van der Waals surface area contributed by atoms with Crippen LogP contribution in [0.5, 0.6) is 0 Å². The average Bonchev–Trinajstić information content (AvgIpc) is 2.41. The van der Waals surface area contributed by atoms with Crippen LogP contribution < -0.4 is 10.3 Å². The molecule has 1 unspecified atom stereocenters. The molecule has 112 valence electrons. The van der Waals surface area contributed by atoms with Crippen LogP contribution in [-0.2, 0) is 10.0 Å². The third-order valence-electron chi connectivity index (χ3n) is 3.30. The maximum absolute atomic E-state index is 12.3. The van der Waals surface area contributed by atoms with Crippen LogP contribution in [-0.4, -0.2) is 13.4 Å². The largest absolute Gasteiger partial charge is 0.328 e. The Kier molecular flexibility index (Phi) is 4.29. The van der Waals surface area contributed by atoms with Gasteiger partial charge in [0.05, 0.1) is 4.90 Å². The van der Waals surface area contributed by atoms with Gasteiger partial charge in [-0.1, -0.05) is 23.8 Å². The second kappa shape index (κ2) is 5.83. The molecule has 0 aliphatic heterocycles. The van der Waals surface area contributed by atoms with E-state index in [-0.39, 0.29) is 16.5 Å². The molecule has 21 heavy (non-hydrogen) atoms. The fraction of sp³-hybridized carbons (Fsp3) is 0.267. The molecule has 0 spiro atoms. The number of rotatable bonds is 4. The van der Waals surface area contributed by atoms with Crippen molar-refractivity contribution in [3.8, 4) is 0 Å². The van der Waals surface area contributed by atoms with E-state index in [9.17, 15) is 13.2 Å². The minimum Gasteiger partial charge on any atom is -0.328 e. The Morgan fingerprint density at radius 1 is 1.14 bits per heavy atom. The number of aromatic nitrogens is 1. The highest BCUT2D eigenvalue weighted by atomic mass is 32.2. The van der Waals surface area contributed by atoms with Crippen LogP contribution in [0.1, 0.15) is 29.7 Å². The zero-order valence-electron chi connectivity index (χ0n) is 12.2. The number of benzene rings is 1. The predicted octanol–water partition coefficient (Wildman–Crippen LogP) is 2.03. The maximum Gasteiger partial charge on any atom is 0.247 e. The number of pyridine rings is 1. The van der Waals surface area contributed by atoms with Gasteiger partial charge >= 0.3 is 0 Å². The topological polar surface area (TPSA) is 79.0 Å². The highest BCUT2D eigenvalue weighted by Gasteiger charge is 2.19. The normalized spacial score (nSPS) is 13.1. The molecule has 0 aliphatic rings. The molecule has 0 bridgehead atoms. The molecule has 1 heterocycles. The maximum atomic E-state index is 12.3. The lowest BCUT2D eigenvalue weighted by Crippen LogP contribution is -2.28. The molecular weight excluding hydrogens is 288 g/mol. The number of H-pyrrole nitrogens is 1. The lowest BCUT2D eigenvalue weighted by atomic mass is 10.0. The number of aryl methyl sites for hydroxylation is 2. The third-order valence-corrected chi connectivity index (χ3v) is 4.84. The highest BCUT2D eigenvalue weighted by Crippen LogP contribution is 2.21. The summed E-state index contributed by atoms with van der Waals surface area (Å²) in [5, 5.41) is 0. The van der Waals surface area contributed by atoms with Crippen LogP contribution in [0.15, 0.2) is 46.2 Å². The van der Waals surface area contributed by atoms with Crippen LogP contribution >= 0.6 is 0 Å². The summed E-state index contributed by atoms with van der Waals surface area (Å²) in [6.07, 6.45) is 1.19. The first kappa shape index (κ1) is 15.5. The van der Waals surface area contributed by atoms with E-state index in [0.717, 1.165) is 16.7 Å². The zero-order valence-corrected chi connectivity index (χ0v) is 13.0. The predicted molar refractivity (Wildman–Crippen MR) is 81.7 cm³/mol. The van der Waals surface area contributed by atoms with Crippen LogP contribution in [0.25, 0.3) is 0 Å². The van der Waals surface area contributed by atoms with Crippen LogP contribution in [0.2, 0.25) is 0 Å². The van der Waals surface area contributed by atoms with Gasteiger partial charge in [0.2, 0.25) is 15.6 Å². The molecule has 0 saturated carbocycles. The summed E-state index contributed by atoms with van der Waals surface area (Å²) in [4.78, 5) is 13.4. The van der Waals surface area contributed by atoms with Crippen molar-refractivity contribution < 1.29 is 8.42 Å². The first-order valence-corrected chi connectivity index (χ1v) is 8.06. The molecule has 5 nitrogen and oxygen atoms in total. The quantitative estimate of drug-likeness (QED) is 0.907. The van der Waals surface area contributed by atoms with Gasteiger partial charge in [0.25, 0.3) is 0 Å². The van der Waals surface area contributed by atoms with Gasteiger partial charge in [-0.3, -0.25) is 4.79 Å². The third kappa shape index (κ3) is 3.59. The molecule has 0 radical (unpaired) electrons. The molecule has 0 saturated heterocycles. The molecule has 2 N–H and O–H groups in total. The van der Waals surface area contributed by atoms with E-state index in [2.05, 4.69) is 9.71 Å². The number of sulfonamides is 1. The van der Waals surface area contributed by atoms with Crippen molar-refractivity contribution in [2.45, 2.75) is 31.7 Å². The molecule has 0 aliphatic carbocycles. The van der Waals surface area contributed by atoms with Gasteiger partial charge < -0.3 is 4.98 Å². The molecule has 2 aromatic rings.